The summed E-state index contributed by atoms with van der Waals surface area (Å²) in [5.41, 5.74) is -0.0841. The maximum atomic E-state index is 12.2. The number of nitrogens with one attached hydrogen (secondary N) is 1. The number of rotatable bonds is 4. The third-order valence-corrected chi connectivity index (χ3v) is 4.62. The fourth-order valence-electron chi connectivity index (χ4n) is 1.64. The van der Waals surface area contributed by atoms with Gasteiger partial charge in [0.2, 0.25) is 0 Å². The molecule has 0 atom stereocenters. The van der Waals surface area contributed by atoms with Crippen LogP contribution in [0.3, 0.4) is 0 Å². The molecular formula is C13H9Cl2NO4S. The number of anilines is 1. The van der Waals surface area contributed by atoms with Gasteiger partial charge >= 0.3 is 5.97 Å². The van der Waals surface area contributed by atoms with E-state index in [0.717, 1.165) is 0 Å². The second-order valence-electron chi connectivity index (χ2n) is 4.07. The first-order chi connectivity index (χ1) is 9.79. The van der Waals surface area contributed by atoms with Crippen LogP contribution in [0, 0.1) is 0 Å². The lowest BCUT2D eigenvalue weighted by Gasteiger charge is -2.10. The largest absolute Gasteiger partial charge is 0.478 e. The van der Waals surface area contributed by atoms with E-state index < -0.39 is 16.0 Å². The van der Waals surface area contributed by atoms with E-state index in [4.69, 9.17) is 28.3 Å². The highest BCUT2D eigenvalue weighted by atomic mass is 35.5. The SMILES string of the molecule is O=C(O)c1cc(Cl)cc(NS(=O)(=O)c2ccccc2Cl)c1. The van der Waals surface area contributed by atoms with Crippen LogP contribution >= 0.6 is 23.2 Å². The molecule has 0 spiro atoms. The summed E-state index contributed by atoms with van der Waals surface area (Å²) in [6, 6.07) is 9.61. The van der Waals surface area contributed by atoms with Crippen molar-refractivity contribution < 1.29 is 18.3 Å². The molecule has 0 aromatic heterocycles. The number of hydrogen-bond donors (Lipinski definition) is 2. The number of carboxylic acid groups (broad SMARTS) is 1. The zero-order valence-corrected chi connectivity index (χ0v) is 12.7. The van der Waals surface area contributed by atoms with Gasteiger partial charge in [-0.1, -0.05) is 35.3 Å². The van der Waals surface area contributed by atoms with Crippen molar-refractivity contribution in [1.29, 1.82) is 0 Å². The van der Waals surface area contributed by atoms with Gasteiger partial charge < -0.3 is 5.11 Å². The van der Waals surface area contributed by atoms with Crippen LogP contribution in [0.15, 0.2) is 47.4 Å². The highest BCUT2D eigenvalue weighted by Gasteiger charge is 2.18. The van der Waals surface area contributed by atoms with Gasteiger partial charge in [0.25, 0.3) is 10.0 Å². The molecule has 21 heavy (non-hydrogen) atoms. The molecule has 0 aliphatic carbocycles. The minimum Gasteiger partial charge on any atom is -0.478 e. The normalized spacial score (nSPS) is 11.1. The third-order valence-electron chi connectivity index (χ3n) is 2.52. The highest BCUT2D eigenvalue weighted by molar-refractivity contribution is 7.92. The molecule has 2 aromatic rings. The van der Waals surface area contributed by atoms with Crippen molar-refractivity contribution in [3.8, 4) is 0 Å². The first kappa shape index (κ1) is 15.6. The van der Waals surface area contributed by atoms with E-state index in [1.165, 1.54) is 36.4 Å². The number of carbonyl (C=O) groups is 1. The molecule has 2 aromatic carbocycles. The number of benzene rings is 2. The molecule has 0 fully saturated rings. The van der Waals surface area contributed by atoms with Crippen LogP contribution in [0.2, 0.25) is 10.0 Å². The second kappa shape index (κ2) is 5.93. The third kappa shape index (κ3) is 3.66. The Morgan fingerprint density at radius 2 is 1.76 bits per heavy atom. The Balaban J connectivity index is 2.42. The summed E-state index contributed by atoms with van der Waals surface area (Å²) in [6.45, 7) is 0. The van der Waals surface area contributed by atoms with Crippen molar-refractivity contribution in [2.24, 2.45) is 0 Å². The predicted octanol–water partition coefficient (Wildman–Crippen LogP) is 3.49. The molecule has 110 valence electrons. The van der Waals surface area contributed by atoms with Crippen LogP contribution in [-0.4, -0.2) is 19.5 Å². The van der Waals surface area contributed by atoms with Crippen LogP contribution in [0.25, 0.3) is 0 Å². The van der Waals surface area contributed by atoms with E-state index in [1.54, 1.807) is 6.07 Å². The van der Waals surface area contributed by atoms with E-state index in [9.17, 15) is 13.2 Å². The van der Waals surface area contributed by atoms with Gasteiger partial charge in [0.1, 0.15) is 4.90 Å². The molecule has 5 nitrogen and oxygen atoms in total. The molecular weight excluding hydrogens is 337 g/mol. The van der Waals surface area contributed by atoms with Crippen molar-refractivity contribution in [2.75, 3.05) is 4.72 Å². The number of halogens is 2. The molecule has 0 amide bonds. The predicted molar refractivity (Wildman–Crippen MR) is 80.7 cm³/mol. The lowest BCUT2D eigenvalue weighted by molar-refractivity contribution is 0.0697. The van der Waals surface area contributed by atoms with Crippen molar-refractivity contribution >= 4 is 44.9 Å². The van der Waals surface area contributed by atoms with Crippen molar-refractivity contribution in [1.82, 2.24) is 0 Å². The average molecular weight is 346 g/mol. The van der Waals surface area contributed by atoms with E-state index in [1.807, 2.05) is 0 Å². The summed E-state index contributed by atoms with van der Waals surface area (Å²) in [5, 5.41) is 9.10. The first-order valence-electron chi connectivity index (χ1n) is 5.61. The smallest absolute Gasteiger partial charge is 0.335 e. The molecule has 0 saturated heterocycles. The van der Waals surface area contributed by atoms with Crippen molar-refractivity contribution in [2.45, 2.75) is 4.90 Å². The molecule has 2 rings (SSSR count). The fourth-order valence-corrected chi connectivity index (χ4v) is 3.44. The van der Waals surface area contributed by atoms with Gasteiger partial charge in [0, 0.05) is 5.02 Å². The van der Waals surface area contributed by atoms with E-state index in [2.05, 4.69) is 4.72 Å². The van der Waals surface area contributed by atoms with Crippen molar-refractivity contribution in [3.63, 3.8) is 0 Å². The Bertz CT molecular complexity index is 806. The minimum absolute atomic E-state index is 0.0415. The van der Waals surface area contributed by atoms with Gasteiger partial charge in [-0.2, -0.15) is 0 Å². The lowest BCUT2D eigenvalue weighted by Crippen LogP contribution is -2.14. The zero-order valence-electron chi connectivity index (χ0n) is 10.4. The van der Waals surface area contributed by atoms with Crippen LogP contribution in [0.4, 0.5) is 5.69 Å². The Kier molecular flexibility index (Phi) is 4.41. The van der Waals surface area contributed by atoms with Gasteiger partial charge in [-0.25, -0.2) is 13.2 Å². The molecule has 0 aliphatic heterocycles. The summed E-state index contributed by atoms with van der Waals surface area (Å²) < 4.78 is 26.7. The zero-order chi connectivity index (χ0) is 15.6. The van der Waals surface area contributed by atoms with Gasteiger partial charge in [-0.05, 0) is 30.3 Å². The maximum absolute atomic E-state index is 12.2. The van der Waals surface area contributed by atoms with Crippen LogP contribution < -0.4 is 4.72 Å². The summed E-state index contributed by atoms with van der Waals surface area (Å²) in [5.74, 6) is -1.21. The number of sulfonamides is 1. The van der Waals surface area contributed by atoms with E-state index >= 15 is 0 Å². The van der Waals surface area contributed by atoms with Gasteiger partial charge in [0.15, 0.2) is 0 Å². The summed E-state index contributed by atoms with van der Waals surface area (Å²) in [7, 11) is -3.94. The molecule has 0 aliphatic rings. The average Bonchev–Trinajstić information content (AvgIpc) is 2.37. The summed E-state index contributed by atoms with van der Waals surface area (Å²) in [6.07, 6.45) is 0. The number of hydrogen-bond acceptors (Lipinski definition) is 3. The van der Waals surface area contributed by atoms with Crippen molar-refractivity contribution in [3.05, 3.63) is 58.1 Å². The molecule has 0 radical (unpaired) electrons. The number of aromatic carboxylic acids is 1. The minimum atomic E-state index is -3.94. The molecule has 2 N–H and O–H groups in total. The Hall–Kier alpha value is -1.76. The standard InChI is InChI=1S/C13H9Cl2NO4S/c14-9-5-8(13(17)18)6-10(7-9)16-21(19,20)12-4-2-1-3-11(12)15/h1-7,16H,(H,17,18). The molecule has 0 heterocycles. The molecule has 0 saturated carbocycles. The summed E-state index contributed by atoms with van der Waals surface area (Å²) >= 11 is 11.6. The van der Waals surface area contributed by atoms with Gasteiger partial charge in [0.05, 0.1) is 16.3 Å². The van der Waals surface area contributed by atoms with Crippen LogP contribution in [0.1, 0.15) is 10.4 Å². The quantitative estimate of drug-likeness (QED) is 0.888. The summed E-state index contributed by atoms with van der Waals surface area (Å²) in [4.78, 5) is 10.8. The van der Waals surface area contributed by atoms with Crippen LogP contribution in [-0.2, 0) is 10.0 Å². The van der Waals surface area contributed by atoms with Crippen LogP contribution in [0.5, 0.6) is 0 Å². The molecule has 8 heteroatoms. The second-order valence-corrected chi connectivity index (χ2v) is 6.56. The Morgan fingerprint density at radius 1 is 1.10 bits per heavy atom. The maximum Gasteiger partial charge on any atom is 0.335 e. The lowest BCUT2D eigenvalue weighted by atomic mass is 10.2. The molecule has 0 bridgehead atoms. The van der Waals surface area contributed by atoms with E-state index in [-0.39, 0.29) is 26.2 Å². The van der Waals surface area contributed by atoms with E-state index in [0.29, 0.717) is 0 Å². The Labute approximate surface area is 131 Å². The monoisotopic (exact) mass is 345 g/mol. The highest BCUT2D eigenvalue weighted by Crippen LogP contribution is 2.25. The Morgan fingerprint density at radius 3 is 2.38 bits per heavy atom. The molecule has 0 unspecified atom stereocenters. The fraction of sp³-hybridized carbons (Fsp3) is 0. The first-order valence-corrected chi connectivity index (χ1v) is 7.85. The number of carboxylic acids is 1. The topological polar surface area (TPSA) is 83.5 Å². The van der Waals surface area contributed by atoms with Gasteiger partial charge in [-0.3, -0.25) is 4.72 Å². The van der Waals surface area contributed by atoms with Gasteiger partial charge in [-0.15, -0.1) is 0 Å².